The number of ether oxygens (including phenoxy) is 1. The van der Waals surface area contributed by atoms with Gasteiger partial charge in [0.2, 0.25) is 0 Å². The van der Waals surface area contributed by atoms with Crippen molar-refractivity contribution in [3.8, 4) is 0 Å². The number of halogens is 3. The van der Waals surface area contributed by atoms with Crippen molar-refractivity contribution in [3.63, 3.8) is 0 Å². The Morgan fingerprint density at radius 3 is 2.53 bits per heavy atom. The van der Waals surface area contributed by atoms with Gasteiger partial charge in [-0.15, -0.1) is 0 Å². The fourth-order valence-corrected chi connectivity index (χ4v) is 2.80. The van der Waals surface area contributed by atoms with Crippen LogP contribution in [0.3, 0.4) is 0 Å². The van der Waals surface area contributed by atoms with Crippen LogP contribution in [0.5, 0.6) is 0 Å². The van der Waals surface area contributed by atoms with Crippen LogP contribution in [0.1, 0.15) is 19.8 Å². The van der Waals surface area contributed by atoms with Gasteiger partial charge in [0, 0.05) is 6.54 Å². The molecule has 1 aliphatic rings. The number of carbonyl (C=O) groups excluding carboxylic acids is 1. The highest BCUT2D eigenvalue weighted by Crippen LogP contribution is 2.32. The molecule has 1 rings (SSSR count). The van der Waals surface area contributed by atoms with Gasteiger partial charge in [0.05, 0.1) is 6.61 Å². The Morgan fingerprint density at radius 1 is 1.47 bits per heavy atom. The van der Waals surface area contributed by atoms with Gasteiger partial charge in [-0.25, -0.2) is 8.42 Å². The normalized spacial score (nSPS) is 22.7. The number of esters is 1. The maximum absolute atomic E-state index is 12.3. The SMILES string of the molecule is CCOC(=O)C1CCCN1S(=O)(=O)C(F)(F)F. The maximum atomic E-state index is 12.3. The van der Waals surface area contributed by atoms with E-state index in [1.54, 1.807) is 0 Å². The van der Waals surface area contributed by atoms with Crippen LogP contribution in [0.15, 0.2) is 0 Å². The number of hydrogen-bond donors (Lipinski definition) is 0. The summed E-state index contributed by atoms with van der Waals surface area (Å²) in [5.41, 5.74) is -5.39. The summed E-state index contributed by atoms with van der Waals surface area (Å²) < 4.78 is 64.0. The average molecular weight is 275 g/mol. The number of hydrogen-bond acceptors (Lipinski definition) is 4. The van der Waals surface area contributed by atoms with E-state index in [0.717, 1.165) is 0 Å². The summed E-state index contributed by atoms with van der Waals surface area (Å²) in [6.07, 6.45) is 0.257. The van der Waals surface area contributed by atoms with Crippen LogP contribution in [0.2, 0.25) is 0 Å². The fourth-order valence-electron chi connectivity index (χ4n) is 1.63. The van der Waals surface area contributed by atoms with Crippen LogP contribution in [0.4, 0.5) is 13.2 Å². The Bertz CT molecular complexity index is 392. The van der Waals surface area contributed by atoms with E-state index in [2.05, 4.69) is 4.74 Å². The number of nitrogens with zero attached hydrogens (tertiary/aromatic N) is 1. The van der Waals surface area contributed by atoms with Crippen molar-refractivity contribution in [3.05, 3.63) is 0 Å². The van der Waals surface area contributed by atoms with Gasteiger partial charge < -0.3 is 4.74 Å². The minimum Gasteiger partial charge on any atom is -0.465 e. The lowest BCUT2D eigenvalue weighted by Gasteiger charge is -2.23. The molecule has 0 aromatic heterocycles. The molecule has 1 atom stereocenters. The van der Waals surface area contributed by atoms with Gasteiger partial charge in [0.1, 0.15) is 6.04 Å². The zero-order valence-corrected chi connectivity index (χ0v) is 9.84. The molecule has 5 nitrogen and oxygen atoms in total. The number of alkyl halides is 3. The van der Waals surface area contributed by atoms with Crippen LogP contribution >= 0.6 is 0 Å². The van der Waals surface area contributed by atoms with Gasteiger partial charge in [-0.05, 0) is 19.8 Å². The molecule has 9 heteroatoms. The Morgan fingerprint density at radius 2 is 2.06 bits per heavy atom. The van der Waals surface area contributed by atoms with E-state index < -0.39 is 27.5 Å². The molecule has 0 aromatic carbocycles. The molecule has 0 spiro atoms. The number of rotatable bonds is 3. The van der Waals surface area contributed by atoms with E-state index in [1.165, 1.54) is 6.92 Å². The molecule has 100 valence electrons. The molecule has 1 unspecified atom stereocenters. The van der Waals surface area contributed by atoms with E-state index in [0.29, 0.717) is 0 Å². The molecule has 0 aliphatic carbocycles. The minimum absolute atomic E-state index is 0.00472. The lowest BCUT2D eigenvalue weighted by atomic mass is 10.2. The molecule has 1 fully saturated rings. The van der Waals surface area contributed by atoms with Crippen molar-refractivity contribution in [1.82, 2.24) is 4.31 Å². The quantitative estimate of drug-likeness (QED) is 0.717. The summed E-state index contributed by atoms with van der Waals surface area (Å²) in [5.74, 6) is -0.933. The highest BCUT2D eigenvalue weighted by molar-refractivity contribution is 7.90. The van der Waals surface area contributed by atoms with Crippen molar-refractivity contribution < 1.29 is 31.1 Å². The fraction of sp³-hybridized carbons (Fsp3) is 0.875. The third-order valence-corrected chi connectivity index (χ3v) is 4.00. The van der Waals surface area contributed by atoms with E-state index in [9.17, 15) is 26.4 Å². The molecule has 1 saturated heterocycles. The smallest absolute Gasteiger partial charge is 0.465 e. The van der Waals surface area contributed by atoms with Crippen LogP contribution in [-0.2, 0) is 19.6 Å². The molecule has 0 radical (unpaired) electrons. The molecule has 1 heterocycles. The number of sulfonamides is 1. The monoisotopic (exact) mass is 275 g/mol. The van der Waals surface area contributed by atoms with E-state index >= 15 is 0 Å². The molecule has 0 N–H and O–H groups in total. The van der Waals surface area contributed by atoms with Gasteiger partial charge in [0.15, 0.2) is 0 Å². The van der Waals surface area contributed by atoms with Gasteiger partial charge in [0.25, 0.3) is 0 Å². The molecule has 0 saturated carbocycles. The zero-order valence-electron chi connectivity index (χ0n) is 9.03. The van der Waals surface area contributed by atoms with Gasteiger partial charge in [-0.1, -0.05) is 0 Å². The Labute approximate surface area is 96.6 Å². The molecule has 0 aromatic rings. The second-order valence-electron chi connectivity index (χ2n) is 3.47. The molecule has 17 heavy (non-hydrogen) atoms. The van der Waals surface area contributed by atoms with E-state index in [1.807, 2.05) is 0 Å². The first-order chi connectivity index (χ1) is 7.71. The van der Waals surface area contributed by atoms with Crippen LogP contribution in [0.25, 0.3) is 0 Å². The molecule has 0 amide bonds. The second kappa shape index (κ2) is 4.81. The summed E-state index contributed by atoms with van der Waals surface area (Å²) in [7, 11) is -5.46. The molecule has 0 bridgehead atoms. The first-order valence-corrected chi connectivity index (χ1v) is 6.40. The summed E-state index contributed by atoms with van der Waals surface area (Å²) in [5, 5.41) is 0. The average Bonchev–Trinajstić information content (AvgIpc) is 2.64. The third kappa shape index (κ3) is 2.71. The topological polar surface area (TPSA) is 63.7 Å². The Balaban J connectivity index is 2.95. The van der Waals surface area contributed by atoms with Gasteiger partial charge >= 0.3 is 21.5 Å². The van der Waals surface area contributed by atoms with Crippen molar-refractivity contribution in [2.75, 3.05) is 13.2 Å². The lowest BCUT2D eigenvalue weighted by molar-refractivity contribution is -0.147. The maximum Gasteiger partial charge on any atom is 0.511 e. The van der Waals surface area contributed by atoms with Crippen LogP contribution in [-0.4, -0.2) is 43.4 Å². The molecular weight excluding hydrogens is 263 g/mol. The standard InChI is InChI=1S/C8H12F3NO4S/c1-2-16-7(13)6-4-3-5-12(6)17(14,15)8(9,10)11/h6H,2-5H2,1H3. The Kier molecular flexibility index (Phi) is 4.03. The molecule has 1 aliphatic heterocycles. The van der Waals surface area contributed by atoms with Gasteiger partial charge in [-0.2, -0.15) is 17.5 Å². The highest BCUT2D eigenvalue weighted by Gasteiger charge is 2.54. The minimum atomic E-state index is -5.46. The van der Waals surface area contributed by atoms with Crippen molar-refractivity contribution in [2.24, 2.45) is 0 Å². The summed E-state index contributed by atoms with van der Waals surface area (Å²) >= 11 is 0. The summed E-state index contributed by atoms with van der Waals surface area (Å²) in [4.78, 5) is 11.3. The third-order valence-electron chi connectivity index (χ3n) is 2.36. The van der Waals surface area contributed by atoms with Gasteiger partial charge in [-0.3, -0.25) is 4.79 Å². The van der Waals surface area contributed by atoms with Crippen molar-refractivity contribution in [2.45, 2.75) is 31.3 Å². The predicted molar refractivity (Wildman–Crippen MR) is 51.3 cm³/mol. The Hall–Kier alpha value is -0.830. The predicted octanol–water partition coefficient (Wildman–Crippen LogP) is 0.864. The van der Waals surface area contributed by atoms with Crippen LogP contribution in [0, 0.1) is 0 Å². The first kappa shape index (κ1) is 14.2. The molecular formula is C8H12F3NO4S. The second-order valence-corrected chi connectivity index (χ2v) is 5.35. The lowest BCUT2D eigenvalue weighted by Crippen LogP contribution is -2.46. The summed E-state index contributed by atoms with van der Waals surface area (Å²) in [6, 6.07) is -1.36. The number of carbonyl (C=O) groups is 1. The first-order valence-electron chi connectivity index (χ1n) is 4.96. The summed E-state index contributed by atoms with van der Waals surface area (Å²) in [6.45, 7) is 1.18. The van der Waals surface area contributed by atoms with E-state index in [-0.39, 0.29) is 30.3 Å². The van der Waals surface area contributed by atoms with Crippen LogP contribution < -0.4 is 0 Å². The highest BCUT2D eigenvalue weighted by atomic mass is 32.2. The van der Waals surface area contributed by atoms with Crippen molar-refractivity contribution in [1.29, 1.82) is 0 Å². The zero-order chi connectivity index (χ0) is 13.3. The van der Waals surface area contributed by atoms with Crippen molar-refractivity contribution >= 4 is 16.0 Å². The van der Waals surface area contributed by atoms with E-state index in [4.69, 9.17) is 0 Å². The largest absolute Gasteiger partial charge is 0.511 e.